The highest BCUT2D eigenvalue weighted by Gasteiger charge is 2.41. The number of unbranched alkanes of at least 4 members (excludes halogenated alkanes) is 8. The molecule has 194 valence electrons. The van der Waals surface area contributed by atoms with Crippen molar-refractivity contribution in [1.29, 1.82) is 0 Å². The maximum absolute atomic E-state index is 12.7. The lowest BCUT2D eigenvalue weighted by Crippen LogP contribution is -2.51. The third kappa shape index (κ3) is 11.7. The molecule has 0 spiro atoms. The van der Waals surface area contributed by atoms with Gasteiger partial charge >= 0.3 is 6.09 Å². The Balaban J connectivity index is 2.01. The van der Waals surface area contributed by atoms with Gasteiger partial charge in [0.2, 0.25) is 0 Å². The quantitative estimate of drug-likeness (QED) is 0.155. The molecule has 0 bridgehead atoms. The van der Waals surface area contributed by atoms with Gasteiger partial charge in [-0.15, -0.1) is 0 Å². The second kappa shape index (κ2) is 15.5. The molecule has 2 aromatic rings. The average Bonchev–Trinajstić information content (AvgIpc) is 2.84. The van der Waals surface area contributed by atoms with Gasteiger partial charge in [0.1, 0.15) is 6.61 Å². The van der Waals surface area contributed by atoms with Crippen LogP contribution in [0.4, 0.5) is 4.79 Å². The van der Waals surface area contributed by atoms with Crippen molar-refractivity contribution in [2.45, 2.75) is 77.2 Å². The standard InChI is InChI=1S/C27H39NO6S/c1-3-4-5-6-7-8-9-10-17-22-33-27(34-35(2,30)31,25-20-15-12-16-21-25)28-26(29)32-23-24-18-13-11-14-19-24/h11-16,18-21H,3-10,17,22-23H2,1-2H3,(H,28,29). The van der Waals surface area contributed by atoms with Crippen molar-refractivity contribution in [1.82, 2.24) is 5.32 Å². The Labute approximate surface area is 210 Å². The van der Waals surface area contributed by atoms with Crippen molar-refractivity contribution in [3.8, 4) is 0 Å². The molecule has 1 N–H and O–H groups in total. The minimum atomic E-state index is -4.00. The van der Waals surface area contributed by atoms with Crippen LogP contribution >= 0.6 is 0 Å². The summed E-state index contributed by atoms with van der Waals surface area (Å²) in [7, 11) is -4.00. The predicted molar refractivity (Wildman–Crippen MR) is 137 cm³/mol. The summed E-state index contributed by atoms with van der Waals surface area (Å²) in [5.74, 6) is -2.03. The summed E-state index contributed by atoms with van der Waals surface area (Å²) in [6.07, 6.45) is 10.3. The molecule has 0 aromatic heterocycles. The third-order valence-corrected chi connectivity index (χ3v) is 5.99. The molecule has 1 atom stereocenters. The Morgan fingerprint density at radius 1 is 0.829 bits per heavy atom. The molecule has 2 rings (SSSR count). The molecule has 1 unspecified atom stereocenters. The summed E-state index contributed by atoms with van der Waals surface area (Å²) in [6, 6.07) is 17.7. The molecule has 1 amide bonds. The molecule has 0 heterocycles. The molecule has 2 aromatic carbocycles. The van der Waals surface area contributed by atoms with Crippen molar-refractivity contribution in [3.05, 3.63) is 71.8 Å². The Hall–Kier alpha value is -2.42. The van der Waals surface area contributed by atoms with Crippen LogP contribution < -0.4 is 5.32 Å². The Kier molecular flexibility index (Phi) is 12.8. The number of alkyl carbamates (subject to hydrolysis) is 1. The van der Waals surface area contributed by atoms with Gasteiger partial charge in [-0.05, 0) is 12.0 Å². The summed E-state index contributed by atoms with van der Waals surface area (Å²) < 4.78 is 41.0. The minimum Gasteiger partial charge on any atom is -0.445 e. The fourth-order valence-corrected chi connectivity index (χ4v) is 4.29. The number of hydrogen-bond donors (Lipinski definition) is 1. The lowest BCUT2D eigenvalue weighted by molar-refractivity contribution is -0.206. The first-order chi connectivity index (χ1) is 16.8. The van der Waals surface area contributed by atoms with Crippen molar-refractivity contribution in [3.63, 3.8) is 0 Å². The van der Waals surface area contributed by atoms with Crippen molar-refractivity contribution < 1.29 is 26.9 Å². The van der Waals surface area contributed by atoms with Gasteiger partial charge in [-0.2, -0.15) is 8.42 Å². The molecule has 35 heavy (non-hydrogen) atoms. The van der Waals surface area contributed by atoms with Crippen LogP contribution in [0, 0.1) is 0 Å². The van der Waals surface area contributed by atoms with Crippen LogP contribution in [0.15, 0.2) is 60.7 Å². The Morgan fingerprint density at radius 3 is 1.94 bits per heavy atom. The van der Waals surface area contributed by atoms with Crippen LogP contribution in [-0.4, -0.2) is 27.4 Å². The SMILES string of the molecule is CCCCCCCCCCCOC(NC(=O)OCc1ccccc1)(OS(C)(=O)=O)c1ccccc1. The summed E-state index contributed by atoms with van der Waals surface area (Å²) in [6.45, 7) is 2.44. The van der Waals surface area contributed by atoms with Gasteiger partial charge in [-0.1, -0.05) is 119 Å². The van der Waals surface area contributed by atoms with E-state index in [2.05, 4.69) is 12.2 Å². The first-order valence-corrected chi connectivity index (χ1v) is 14.3. The fourth-order valence-electron chi connectivity index (χ4n) is 3.68. The number of amides is 1. The second-order valence-electron chi connectivity index (χ2n) is 8.63. The summed E-state index contributed by atoms with van der Waals surface area (Å²) in [5.41, 5.74) is 1.14. The van der Waals surface area contributed by atoms with Gasteiger partial charge in [0.15, 0.2) is 0 Å². The topological polar surface area (TPSA) is 90.9 Å². The van der Waals surface area contributed by atoms with Gasteiger partial charge < -0.3 is 9.47 Å². The molecule has 0 aliphatic rings. The molecule has 0 saturated carbocycles. The minimum absolute atomic E-state index is 0.0225. The molecule has 0 aliphatic carbocycles. The third-order valence-electron chi connectivity index (χ3n) is 5.46. The van der Waals surface area contributed by atoms with E-state index in [1.807, 2.05) is 30.3 Å². The largest absolute Gasteiger partial charge is 0.445 e. The number of carbonyl (C=O) groups excluding carboxylic acids is 1. The molecule has 0 aliphatic heterocycles. The summed E-state index contributed by atoms with van der Waals surface area (Å²) >= 11 is 0. The van der Waals surface area contributed by atoms with Crippen molar-refractivity contribution in [2.75, 3.05) is 12.9 Å². The van der Waals surface area contributed by atoms with Crippen LogP contribution in [0.2, 0.25) is 0 Å². The maximum atomic E-state index is 12.7. The number of rotatable bonds is 17. The zero-order valence-corrected chi connectivity index (χ0v) is 21.7. The predicted octanol–water partition coefficient (Wildman–Crippen LogP) is 6.25. The lowest BCUT2D eigenvalue weighted by atomic mass is 10.1. The van der Waals surface area contributed by atoms with E-state index in [4.69, 9.17) is 13.7 Å². The number of benzene rings is 2. The van der Waals surface area contributed by atoms with Crippen LogP contribution in [-0.2, 0) is 36.3 Å². The molecule has 0 saturated heterocycles. The summed E-state index contributed by atoms with van der Waals surface area (Å²) in [5, 5.41) is 2.52. The van der Waals surface area contributed by atoms with E-state index in [-0.39, 0.29) is 13.2 Å². The zero-order valence-electron chi connectivity index (χ0n) is 20.9. The molecular weight excluding hydrogens is 466 g/mol. The van der Waals surface area contributed by atoms with Crippen LogP contribution in [0.25, 0.3) is 0 Å². The van der Waals surface area contributed by atoms with E-state index < -0.39 is 22.1 Å². The molecule has 8 heteroatoms. The molecular formula is C27H39NO6S. The highest BCUT2D eigenvalue weighted by molar-refractivity contribution is 7.86. The number of carbonyl (C=O) groups is 1. The fraction of sp³-hybridized carbons (Fsp3) is 0.519. The number of ether oxygens (including phenoxy) is 2. The van der Waals surface area contributed by atoms with Crippen LogP contribution in [0.3, 0.4) is 0 Å². The Bertz CT molecular complexity index is 952. The van der Waals surface area contributed by atoms with Crippen molar-refractivity contribution >= 4 is 16.2 Å². The van der Waals surface area contributed by atoms with Crippen LogP contribution in [0.1, 0.15) is 75.8 Å². The van der Waals surface area contributed by atoms with Gasteiger partial charge in [-0.25, -0.2) is 8.98 Å². The smallest absolute Gasteiger partial charge is 0.411 e. The first-order valence-electron chi connectivity index (χ1n) is 12.4. The lowest BCUT2D eigenvalue weighted by Gasteiger charge is -2.33. The Morgan fingerprint density at radius 2 is 1.37 bits per heavy atom. The van der Waals surface area contributed by atoms with Crippen LogP contribution in [0.5, 0.6) is 0 Å². The molecule has 0 radical (unpaired) electrons. The number of hydrogen-bond acceptors (Lipinski definition) is 6. The summed E-state index contributed by atoms with van der Waals surface area (Å²) in [4.78, 5) is 12.7. The number of nitrogens with one attached hydrogen (secondary N) is 1. The first kappa shape index (κ1) is 28.8. The zero-order chi connectivity index (χ0) is 25.4. The highest BCUT2D eigenvalue weighted by Crippen LogP contribution is 2.27. The van der Waals surface area contributed by atoms with E-state index in [1.165, 1.54) is 32.1 Å². The second-order valence-corrected chi connectivity index (χ2v) is 10.2. The van der Waals surface area contributed by atoms with E-state index >= 15 is 0 Å². The van der Waals surface area contributed by atoms with E-state index in [0.29, 0.717) is 12.0 Å². The van der Waals surface area contributed by atoms with Crippen molar-refractivity contribution in [2.24, 2.45) is 0 Å². The monoisotopic (exact) mass is 505 g/mol. The van der Waals surface area contributed by atoms with E-state index in [0.717, 1.165) is 31.1 Å². The van der Waals surface area contributed by atoms with Gasteiger partial charge in [0.05, 0.1) is 12.9 Å². The van der Waals surface area contributed by atoms with Gasteiger partial charge in [-0.3, -0.25) is 5.32 Å². The molecule has 7 nitrogen and oxygen atoms in total. The van der Waals surface area contributed by atoms with Gasteiger partial charge in [0, 0.05) is 5.56 Å². The van der Waals surface area contributed by atoms with E-state index in [1.54, 1.807) is 30.3 Å². The molecule has 0 fully saturated rings. The van der Waals surface area contributed by atoms with E-state index in [9.17, 15) is 13.2 Å². The average molecular weight is 506 g/mol. The maximum Gasteiger partial charge on any atom is 0.411 e. The van der Waals surface area contributed by atoms with Gasteiger partial charge in [0.25, 0.3) is 16.0 Å². The normalized spacial score (nSPS) is 13.2. The highest BCUT2D eigenvalue weighted by atomic mass is 32.2.